The van der Waals surface area contributed by atoms with Crippen molar-refractivity contribution in [3.05, 3.63) is 70.8 Å². The molecule has 0 radical (unpaired) electrons. The molecule has 38 heavy (non-hydrogen) atoms. The summed E-state index contributed by atoms with van der Waals surface area (Å²) in [6.45, 7) is 11.1. The lowest BCUT2D eigenvalue weighted by Crippen LogP contribution is -2.63. The zero-order chi connectivity index (χ0) is 27.0. The molecule has 8 heteroatoms. The van der Waals surface area contributed by atoms with Crippen molar-refractivity contribution in [2.45, 2.75) is 59.2 Å². The first kappa shape index (κ1) is 25.8. The molecule has 0 spiro atoms. The van der Waals surface area contributed by atoms with Gasteiger partial charge in [0.2, 0.25) is 18.6 Å². The number of benzene rings is 2. The Kier molecular flexibility index (Phi) is 7.15. The van der Waals surface area contributed by atoms with Crippen LogP contribution in [0.4, 0.5) is 4.79 Å². The van der Waals surface area contributed by atoms with Crippen LogP contribution in [0.5, 0.6) is 11.5 Å². The fourth-order valence-electron chi connectivity index (χ4n) is 6.10. The molecule has 2 aromatic rings. The zero-order valence-electron chi connectivity index (χ0n) is 22.3. The molecule has 1 saturated carbocycles. The molecule has 2 heterocycles. The number of carbonyl (C=O) groups excluding carboxylic acids is 3. The number of ether oxygens (including phenoxy) is 2. The minimum absolute atomic E-state index is 0.0582. The summed E-state index contributed by atoms with van der Waals surface area (Å²) in [6.07, 6.45) is 3.22. The Labute approximate surface area is 223 Å². The predicted octanol–water partition coefficient (Wildman–Crippen LogP) is 4.39. The van der Waals surface area contributed by atoms with Crippen LogP contribution >= 0.6 is 0 Å². The highest BCUT2D eigenvalue weighted by molar-refractivity contribution is 5.99. The average Bonchev–Trinajstić information content (AvgIpc) is 3.36. The Morgan fingerprint density at radius 3 is 2.55 bits per heavy atom. The van der Waals surface area contributed by atoms with Crippen molar-refractivity contribution >= 4 is 17.8 Å². The molecule has 5 rings (SSSR count). The number of aryl methyl sites for hydroxylation is 3. The Balaban J connectivity index is 1.34. The smallest absolute Gasteiger partial charge is 0.327 e. The van der Waals surface area contributed by atoms with Crippen molar-refractivity contribution in [3.8, 4) is 11.5 Å². The average molecular weight is 518 g/mol. The summed E-state index contributed by atoms with van der Waals surface area (Å²) < 4.78 is 10.8. The number of nitrogens with one attached hydrogen (secondary N) is 1. The first-order chi connectivity index (χ1) is 18.3. The van der Waals surface area contributed by atoms with E-state index >= 15 is 0 Å². The summed E-state index contributed by atoms with van der Waals surface area (Å²) in [4.78, 5) is 43.3. The Morgan fingerprint density at radius 1 is 1.08 bits per heavy atom. The first-order valence-electron chi connectivity index (χ1n) is 13.2. The van der Waals surface area contributed by atoms with Gasteiger partial charge in [-0.2, -0.15) is 0 Å². The minimum atomic E-state index is -0.328. The summed E-state index contributed by atoms with van der Waals surface area (Å²) in [7, 11) is 0. The van der Waals surface area contributed by atoms with Crippen molar-refractivity contribution in [2.24, 2.45) is 11.8 Å². The van der Waals surface area contributed by atoms with Gasteiger partial charge in [-0.15, -0.1) is 6.58 Å². The van der Waals surface area contributed by atoms with E-state index in [1.807, 2.05) is 23.1 Å². The maximum absolute atomic E-state index is 13.6. The van der Waals surface area contributed by atoms with Crippen LogP contribution in [0.25, 0.3) is 0 Å². The number of hydrogen-bond acceptors (Lipinski definition) is 5. The standard InChI is InChI=1S/C30H35N3O5/c1-5-10-32-29(35)23-8-7-22(28(34)31-15-21-6-9-26-27(13-21)38-17-37-26)14-25(23)33(30(32)36)16-24-19(3)11-18(2)12-20(24)4/h5-6,9,11-13,22-23,25H,1,7-8,10,14-17H2,2-4H3,(H,31,34). The maximum Gasteiger partial charge on any atom is 0.327 e. The highest BCUT2D eigenvalue weighted by atomic mass is 16.7. The van der Waals surface area contributed by atoms with Crippen molar-refractivity contribution in [3.63, 3.8) is 0 Å². The van der Waals surface area contributed by atoms with Gasteiger partial charge in [-0.3, -0.25) is 14.5 Å². The van der Waals surface area contributed by atoms with Gasteiger partial charge in [0.15, 0.2) is 11.5 Å². The summed E-state index contributed by atoms with van der Waals surface area (Å²) in [5.74, 6) is 0.564. The molecule has 8 nitrogen and oxygen atoms in total. The van der Waals surface area contributed by atoms with E-state index in [0.717, 1.165) is 22.3 Å². The number of urea groups is 1. The molecule has 2 fully saturated rings. The van der Waals surface area contributed by atoms with Gasteiger partial charge >= 0.3 is 6.03 Å². The molecule has 3 aliphatic rings. The SMILES string of the molecule is C=CCN1C(=O)C2CCC(C(=O)NCc3ccc4c(c3)OCO4)CC2N(Cc2c(C)cc(C)cc2C)C1=O. The highest BCUT2D eigenvalue weighted by Crippen LogP contribution is 2.39. The Hall–Kier alpha value is -3.81. The van der Waals surface area contributed by atoms with Crippen LogP contribution in [0.3, 0.4) is 0 Å². The number of hydrogen-bond donors (Lipinski definition) is 1. The maximum atomic E-state index is 13.6. The zero-order valence-corrected chi connectivity index (χ0v) is 22.3. The van der Waals surface area contributed by atoms with Gasteiger partial charge in [0.1, 0.15) is 0 Å². The monoisotopic (exact) mass is 517 g/mol. The second-order valence-corrected chi connectivity index (χ2v) is 10.6. The largest absolute Gasteiger partial charge is 0.454 e. The second kappa shape index (κ2) is 10.5. The van der Waals surface area contributed by atoms with Gasteiger partial charge in [-0.1, -0.05) is 29.8 Å². The predicted molar refractivity (Wildman–Crippen MR) is 143 cm³/mol. The number of nitrogens with zero attached hydrogens (tertiary/aromatic N) is 2. The topological polar surface area (TPSA) is 88.2 Å². The van der Waals surface area contributed by atoms with E-state index in [9.17, 15) is 14.4 Å². The molecule has 3 atom stereocenters. The van der Waals surface area contributed by atoms with Gasteiger partial charge < -0.3 is 19.7 Å². The van der Waals surface area contributed by atoms with Crippen LogP contribution < -0.4 is 14.8 Å². The van der Waals surface area contributed by atoms with Crippen LogP contribution in [0.15, 0.2) is 43.0 Å². The number of rotatable bonds is 7. The van der Waals surface area contributed by atoms with Crippen LogP contribution in [-0.4, -0.2) is 47.0 Å². The third-order valence-corrected chi connectivity index (χ3v) is 8.03. The molecule has 3 unspecified atom stereocenters. The number of fused-ring (bicyclic) bond motifs is 2. The number of imide groups is 1. The Bertz CT molecular complexity index is 1270. The van der Waals surface area contributed by atoms with Crippen LogP contribution in [-0.2, 0) is 22.7 Å². The molecule has 2 aliphatic heterocycles. The summed E-state index contributed by atoms with van der Waals surface area (Å²) in [6, 6.07) is 9.23. The number of carbonyl (C=O) groups is 3. The molecule has 1 saturated heterocycles. The normalized spacial score (nSPS) is 22.3. The molecule has 0 aromatic heterocycles. The van der Waals surface area contributed by atoms with Gasteiger partial charge in [-0.05, 0) is 74.4 Å². The van der Waals surface area contributed by atoms with E-state index in [4.69, 9.17) is 9.47 Å². The third kappa shape index (κ3) is 4.87. The summed E-state index contributed by atoms with van der Waals surface area (Å²) in [5, 5.41) is 3.05. The van der Waals surface area contributed by atoms with Crippen molar-refractivity contribution < 1.29 is 23.9 Å². The van der Waals surface area contributed by atoms with Crippen LogP contribution in [0, 0.1) is 32.6 Å². The molecule has 0 bridgehead atoms. The fraction of sp³-hybridized carbons (Fsp3) is 0.433. The van der Waals surface area contributed by atoms with E-state index in [1.54, 1.807) is 6.08 Å². The lowest BCUT2D eigenvalue weighted by Gasteiger charge is -2.48. The second-order valence-electron chi connectivity index (χ2n) is 10.6. The van der Waals surface area contributed by atoms with Gasteiger partial charge in [0, 0.05) is 31.6 Å². The quantitative estimate of drug-likeness (QED) is 0.551. The van der Waals surface area contributed by atoms with E-state index in [0.29, 0.717) is 43.9 Å². The van der Waals surface area contributed by atoms with Gasteiger partial charge in [0.05, 0.1) is 5.92 Å². The van der Waals surface area contributed by atoms with Crippen LogP contribution in [0.2, 0.25) is 0 Å². The Morgan fingerprint density at radius 2 is 1.82 bits per heavy atom. The molecular formula is C30H35N3O5. The molecule has 2 aromatic carbocycles. The van der Waals surface area contributed by atoms with Crippen molar-refractivity contribution in [1.29, 1.82) is 0 Å². The van der Waals surface area contributed by atoms with E-state index in [1.165, 1.54) is 10.5 Å². The van der Waals surface area contributed by atoms with Crippen molar-refractivity contribution in [2.75, 3.05) is 13.3 Å². The van der Waals surface area contributed by atoms with Gasteiger partial charge in [0.25, 0.3) is 0 Å². The molecule has 4 amide bonds. The van der Waals surface area contributed by atoms with Crippen LogP contribution in [0.1, 0.15) is 47.1 Å². The van der Waals surface area contributed by atoms with Gasteiger partial charge in [-0.25, -0.2) is 4.79 Å². The number of amides is 4. The molecule has 1 aliphatic carbocycles. The first-order valence-corrected chi connectivity index (χ1v) is 13.2. The third-order valence-electron chi connectivity index (χ3n) is 8.03. The molecule has 1 N–H and O–H groups in total. The van der Waals surface area contributed by atoms with E-state index < -0.39 is 0 Å². The highest BCUT2D eigenvalue weighted by Gasteiger charge is 2.49. The molecular weight excluding hydrogens is 482 g/mol. The summed E-state index contributed by atoms with van der Waals surface area (Å²) in [5.41, 5.74) is 5.42. The van der Waals surface area contributed by atoms with E-state index in [2.05, 4.69) is 44.8 Å². The molecule has 200 valence electrons. The minimum Gasteiger partial charge on any atom is -0.454 e. The fourth-order valence-corrected chi connectivity index (χ4v) is 6.10. The van der Waals surface area contributed by atoms with Crippen molar-refractivity contribution in [1.82, 2.24) is 15.1 Å². The summed E-state index contributed by atoms with van der Waals surface area (Å²) >= 11 is 0. The van der Waals surface area contributed by atoms with E-state index in [-0.39, 0.29) is 49.1 Å². The lowest BCUT2D eigenvalue weighted by atomic mass is 9.75. The lowest BCUT2D eigenvalue weighted by molar-refractivity contribution is -0.143.